The Morgan fingerprint density at radius 1 is 1.53 bits per heavy atom. The van der Waals surface area contributed by atoms with Gasteiger partial charge in [0.2, 0.25) is 0 Å². The normalized spacial score (nSPS) is 15.6. The Hall–Kier alpha value is -1.46. The number of hydrogen-bond acceptors (Lipinski definition) is 4. The summed E-state index contributed by atoms with van der Waals surface area (Å²) in [5.41, 5.74) is 1.35. The monoisotopic (exact) mass is 280 g/mol. The average molecular weight is 280 g/mol. The lowest BCUT2D eigenvalue weighted by Crippen LogP contribution is -2.09. The summed E-state index contributed by atoms with van der Waals surface area (Å²) in [4.78, 5) is 12.4. The third-order valence-corrected chi connectivity index (χ3v) is 3.75. The molecule has 0 N–H and O–H groups in total. The summed E-state index contributed by atoms with van der Waals surface area (Å²) in [6.45, 7) is 2.51. The van der Waals surface area contributed by atoms with Gasteiger partial charge in [-0.25, -0.2) is 4.79 Å². The highest BCUT2D eigenvalue weighted by Gasteiger charge is 2.21. The number of carbonyl (C=O) groups excluding carboxylic acids is 1. The van der Waals surface area contributed by atoms with Crippen molar-refractivity contribution in [2.75, 3.05) is 19.5 Å². The molecule has 0 aliphatic carbocycles. The molecule has 1 heterocycles. The van der Waals surface area contributed by atoms with Gasteiger partial charge in [-0.3, -0.25) is 0 Å². The summed E-state index contributed by atoms with van der Waals surface area (Å²) in [6, 6.07) is 5.43. The van der Waals surface area contributed by atoms with Crippen LogP contribution in [0.4, 0.5) is 0 Å². The summed E-state index contributed by atoms with van der Waals surface area (Å²) >= 11 is -1.12. The fourth-order valence-corrected chi connectivity index (χ4v) is 2.64. The van der Waals surface area contributed by atoms with E-state index >= 15 is 0 Å². The first-order valence-electron chi connectivity index (χ1n) is 6.10. The van der Waals surface area contributed by atoms with Crippen LogP contribution in [0.3, 0.4) is 0 Å². The van der Waals surface area contributed by atoms with Crippen LogP contribution in [0.1, 0.15) is 18.9 Å². The molecule has 1 aliphatic rings. The van der Waals surface area contributed by atoms with Crippen molar-refractivity contribution in [3.63, 3.8) is 0 Å². The molecule has 1 unspecified atom stereocenters. The molecule has 2 rings (SSSR count). The zero-order valence-corrected chi connectivity index (χ0v) is 11.8. The first kappa shape index (κ1) is 14.0. The van der Waals surface area contributed by atoms with Gasteiger partial charge < -0.3 is 14.0 Å². The lowest BCUT2D eigenvalue weighted by molar-refractivity contribution is -0.138. The highest BCUT2D eigenvalue weighted by Crippen LogP contribution is 2.32. The molecule has 1 aromatic carbocycles. The van der Waals surface area contributed by atoms with Crippen molar-refractivity contribution in [3.8, 4) is 5.75 Å². The van der Waals surface area contributed by atoms with Crippen molar-refractivity contribution in [1.82, 2.24) is 0 Å². The molecule has 0 saturated carbocycles. The molecule has 1 aliphatic heterocycles. The molecule has 0 amide bonds. The second-order valence-corrected chi connectivity index (χ2v) is 5.47. The highest BCUT2D eigenvalue weighted by molar-refractivity contribution is 7.90. The van der Waals surface area contributed by atoms with Crippen LogP contribution in [0.2, 0.25) is 0 Å². The number of fused-ring (bicyclic) bond motifs is 1. The molecule has 0 radical (unpaired) electrons. The molecule has 0 saturated heterocycles. The van der Waals surface area contributed by atoms with E-state index in [2.05, 4.69) is 0 Å². The second-order valence-electron chi connectivity index (χ2n) is 4.12. The van der Waals surface area contributed by atoms with Gasteiger partial charge in [0.05, 0.1) is 13.2 Å². The molecule has 1 atom stereocenters. The van der Waals surface area contributed by atoms with E-state index in [1.165, 1.54) is 0 Å². The van der Waals surface area contributed by atoms with E-state index in [-0.39, 0.29) is 5.97 Å². The van der Waals surface area contributed by atoms with Gasteiger partial charge in [0.25, 0.3) is 0 Å². The number of ether oxygens (including phenoxy) is 2. The summed E-state index contributed by atoms with van der Waals surface area (Å²) in [7, 11) is 0. The van der Waals surface area contributed by atoms with E-state index in [1.54, 1.807) is 25.3 Å². The molecule has 5 heteroatoms. The van der Waals surface area contributed by atoms with Crippen LogP contribution >= 0.6 is 0 Å². The van der Waals surface area contributed by atoms with Gasteiger partial charge in [0.1, 0.15) is 6.26 Å². The number of benzene rings is 1. The van der Waals surface area contributed by atoms with Crippen LogP contribution in [0.15, 0.2) is 28.7 Å². The Kier molecular flexibility index (Phi) is 4.50. The predicted molar refractivity (Wildman–Crippen MR) is 73.5 cm³/mol. The molecule has 0 aromatic heterocycles. The molecule has 0 fully saturated rings. The van der Waals surface area contributed by atoms with Crippen molar-refractivity contribution < 1.29 is 18.8 Å². The van der Waals surface area contributed by atoms with Crippen LogP contribution in [-0.4, -0.2) is 30.0 Å². The Morgan fingerprint density at radius 2 is 2.32 bits per heavy atom. The van der Waals surface area contributed by atoms with Gasteiger partial charge in [0.15, 0.2) is 10.6 Å². The van der Waals surface area contributed by atoms with E-state index in [4.69, 9.17) is 9.47 Å². The third-order valence-electron chi connectivity index (χ3n) is 2.80. The quantitative estimate of drug-likeness (QED) is 0.629. The van der Waals surface area contributed by atoms with E-state index < -0.39 is 11.2 Å². The molecule has 19 heavy (non-hydrogen) atoms. The minimum absolute atomic E-state index is 0.318. The summed E-state index contributed by atoms with van der Waals surface area (Å²) in [6.07, 6.45) is 3.86. The van der Waals surface area contributed by atoms with Crippen molar-refractivity contribution in [3.05, 3.63) is 29.3 Å². The van der Waals surface area contributed by atoms with Crippen molar-refractivity contribution in [2.45, 2.75) is 18.2 Å². The molecule has 1 aromatic rings. The summed E-state index contributed by atoms with van der Waals surface area (Å²) < 4.78 is 22.3. The number of esters is 1. The molecule has 0 bridgehead atoms. The number of hydrogen-bond donors (Lipinski definition) is 0. The van der Waals surface area contributed by atoms with Crippen molar-refractivity contribution >= 4 is 23.2 Å². The fraction of sp³-hybridized carbons (Fsp3) is 0.357. The minimum Gasteiger partial charge on any atom is -0.612 e. The summed E-state index contributed by atoms with van der Waals surface area (Å²) in [5, 5.41) is 0. The Bertz CT molecular complexity index is 508. The third kappa shape index (κ3) is 3.11. The molecular weight excluding hydrogens is 264 g/mol. The maximum absolute atomic E-state index is 11.8. The SMILES string of the molecule is CCOC(=O)C1=Cc2cccc([S+](C)[O-])c2OCC1. The number of carbonyl (C=O) groups is 1. The van der Waals surface area contributed by atoms with Crippen LogP contribution in [0.5, 0.6) is 5.75 Å². The molecule has 0 spiro atoms. The lowest BCUT2D eigenvalue weighted by atomic mass is 10.1. The average Bonchev–Trinajstić information content (AvgIpc) is 2.60. The van der Waals surface area contributed by atoms with E-state index in [0.717, 1.165) is 5.56 Å². The maximum Gasteiger partial charge on any atom is 0.334 e. The van der Waals surface area contributed by atoms with E-state index in [9.17, 15) is 9.35 Å². The van der Waals surface area contributed by atoms with Crippen LogP contribution in [-0.2, 0) is 20.7 Å². The molecule has 4 nitrogen and oxygen atoms in total. The smallest absolute Gasteiger partial charge is 0.334 e. The topological polar surface area (TPSA) is 58.6 Å². The van der Waals surface area contributed by atoms with Gasteiger partial charge in [-0.05, 0) is 30.2 Å². The number of rotatable bonds is 3. The first-order valence-corrected chi connectivity index (χ1v) is 7.66. The minimum atomic E-state index is -1.12. The van der Waals surface area contributed by atoms with Gasteiger partial charge in [0, 0.05) is 17.6 Å². The first-order chi connectivity index (χ1) is 9.13. The standard InChI is InChI=1S/C14H16O4S/c1-3-17-14(15)11-7-8-18-13-10(9-11)5-4-6-12(13)19(2)16/h4-6,9H,3,7-8H2,1-2H3. The molecular formula is C14H16O4S. The van der Waals surface area contributed by atoms with Gasteiger partial charge in [-0.2, -0.15) is 0 Å². The largest absolute Gasteiger partial charge is 0.612 e. The Morgan fingerprint density at radius 3 is 3.00 bits per heavy atom. The van der Waals surface area contributed by atoms with Crippen molar-refractivity contribution in [2.24, 2.45) is 0 Å². The second kappa shape index (κ2) is 6.12. The van der Waals surface area contributed by atoms with Crippen LogP contribution in [0.25, 0.3) is 6.08 Å². The van der Waals surface area contributed by atoms with Gasteiger partial charge in [-0.1, -0.05) is 12.1 Å². The lowest BCUT2D eigenvalue weighted by Gasteiger charge is -2.12. The Balaban J connectivity index is 2.40. The van der Waals surface area contributed by atoms with Gasteiger partial charge >= 0.3 is 5.97 Å². The Labute approximate surface area is 115 Å². The van der Waals surface area contributed by atoms with Crippen LogP contribution in [0, 0.1) is 0 Å². The van der Waals surface area contributed by atoms with E-state index in [1.807, 2.05) is 12.1 Å². The highest BCUT2D eigenvalue weighted by atomic mass is 32.2. The van der Waals surface area contributed by atoms with Crippen LogP contribution < -0.4 is 4.74 Å². The maximum atomic E-state index is 11.8. The fourth-order valence-electron chi connectivity index (χ4n) is 1.93. The van der Waals surface area contributed by atoms with Gasteiger partial charge in [-0.15, -0.1) is 0 Å². The summed E-state index contributed by atoms with van der Waals surface area (Å²) in [5.74, 6) is 0.282. The number of para-hydroxylation sites is 1. The predicted octanol–water partition coefficient (Wildman–Crippen LogP) is 2.15. The van der Waals surface area contributed by atoms with E-state index in [0.29, 0.717) is 35.9 Å². The zero-order valence-electron chi connectivity index (χ0n) is 11.0. The molecule has 102 valence electrons. The zero-order chi connectivity index (χ0) is 13.8. The van der Waals surface area contributed by atoms with Crippen molar-refractivity contribution in [1.29, 1.82) is 0 Å².